The fourth-order valence-electron chi connectivity index (χ4n) is 1.44. The van der Waals surface area contributed by atoms with E-state index in [9.17, 15) is 4.79 Å². The van der Waals surface area contributed by atoms with Crippen molar-refractivity contribution in [2.75, 3.05) is 33.4 Å². The Labute approximate surface area is 93.0 Å². The van der Waals surface area contributed by atoms with Crippen LogP contribution in [0, 0.1) is 0 Å². The molecule has 0 aliphatic rings. The van der Waals surface area contributed by atoms with Gasteiger partial charge in [0.25, 0.3) is 0 Å². The van der Waals surface area contributed by atoms with Crippen LogP contribution in [0.1, 0.15) is 27.7 Å². The van der Waals surface area contributed by atoms with E-state index < -0.39 is 5.54 Å². The summed E-state index contributed by atoms with van der Waals surface area (Å²) in [7, 11) is 1.81. The number of hydrogen-bond acceptors (Lipinski definition) is 3. The van der Waals surface area contributed by atoms with Crippen molar-refractivity contribution in [2.45, 2.75) is 33.2 Å². The minimum Gasteiger partial charge on any atom is -0.380 e. The van der Waals surface area contributed by atoms with Gasteiger partial charge in [0.2, 0.25) is 5.91 Å². The maximum atomic E-state index is 12.0. The molecule has 0 saturated heterocycles. The van der Waals surface area contributed by atoms with Crippen LogP contribution in [0.25, 0.3) is 0 Å². The molecule has 0 fully saturated rings. The highest BCUT2D eigenvalue weighted by molar-refractivity contribution is 5.85. The number of nitrogens with one attached hydrogen (secondary N) is 1. The van der Waals surface area contributed by atoms with Gasteiger partial charge in [-0.15, -0.1) is 0 Å². The highest BCUT2D eigenvalue weighted by Gasteiger charge is 2.28. The minimum absolute atomic E-state index is 0.101. The third-order valence-electron chi connectivity index (χ3n) is 2.28. The van der Waals surface area contributed by atoms with Gasteiger partial charge in [-0.25, -0.2) is 0 Å². The lowest BCUT2D eigenvalue weighted by molar-refractivity contribution is -0.136. The van der Waals surface area contributed by atoms with Gasteiger partial charge >= 0.3 is 0 Å². The fourth-order valence-corrected chi connectivity index (χ4v) is 1.44. The molecule has 4 heteroatoms. The highest BCUT2D eigenvalue weighted by Crippen LogP contribution is 2.06. The average Bonchev–Trinajstić information content (AvgIpc) is 2.16. The largest absolute Gasteiger partial charge is 0.380 e. The third kappa shape index (κ3) is 5.14. The van der Waals surface area contributed by atoms with Crippen LogP contribution < -0.4 is 5.32 Å². The Kier molecular flexibility index (Phi) is 6.52. The van der Waals surface area contributed by atoms with Gasteiger partial charge in [-0.1, -0.05) is 6.92 Å². The first-order valence-corrected chi connectivity index (χ1v) is 5.54. The quantitative estimate of drug-likeness (QED) is 0.642. The second-order valence-corrected chi connectivity index (χ2v) is 4.08. The zero-order valence-electron chi connectivity index (χ0n) is 10.6. The molecule has 0 aromatic rings. The minimum atomic E-state index is -0.490. The Bertz CT molecular complexity index is 193. The Morgan fingerprint density at radius 1 is 1.40 bits per heavy atom. The number of carbonyl (C=O) groups excluding carboxylic acids is 1. The van der Waals surface area contributed by atoms with E-state index in [4.69, 9.17) is 4.74 Å². The molecule has 15 heavy (non-hydrogen) atoms. The van der Waals surface area contributed by atoms with Gasteiger partial charge in [0.15, 0.2) is 0 Å². The summed E-state index contributed by atoms with van der Waals surface area (Å²) < 4.78 is 5.21. The second-order valence-electron chi connectivity index (χ2n) is 4.08. The monoisotopic (exact) mass is 216 g/mol. The van der Waals surface area contributed by atoms with Gasteiger partial charge in [-0.3, -0.25) is 4.79 Å². The molecular weight excluding hydrogens is 192 g/mol. The Hall–Kier alpha value is -0.610. The molecule has 0 radical (unpaired) electrons. The molecule has 4 nitrogen and oxygen atoms in total. The summed E-state index contributed by atoms with van der Waals surface area (Å²) in [5.74, 6) is 0.101. The summed E-state index contributed by atoms with van der Waals surface area (Å²) in [5, 5.41) is 3.16. The van der Waals surface area contributed by atoms with Crippen LogP contribution in [0.4, 0.5) is 0 Å². The molecule has 0 saturated carbocycles. The summed E-state index contributed by atoms with van der Waals surface area (Å²) in [6.45, 7) is 10.5. The van der Waals surface area contributed by atoms with Crippen molar-refractivity contribution < 1.29 is 9.53 Å². The van der Waals surface area contributed by atoms with Crippen LogP contribution in [-0.4, -0.2) is 49.7 Å². The summed E-state index contributed by atoms with van der Waals surface area (Å²) >= 11 is 0. The zero-order valence-corrected chi connectivity index (χ0v) is 10.6. The number of rotatable bonds is 7. The van der Waals surface area contributed by atoms with Gasteiger partial charge in [-0.05, 0) is 27.3 Å². The number of hydrogen-bond donors (Lipinski definition) is 1. The number of ether oxygens (including phenoxy) is 1. The maximum Gasteiger partial charge on any atom is 0.242 e. The fraction of sp³-hybridized carbons (Fsp3) is 0.909. The molecule has 0 heterocycles. The zero-order chi connectivity index (χ0) is 11.9. The molecule has 0 aliphatic carbocycles. The number of carbonyl (C=O) groups is 1. The summed E-state index contributed by atoms with van der Waals surface area (Å²) in [5.41, 5.74) is -0.490. The van der Waals surface area contributed by atoms with E-state index in [0.717, 1.165) is 6.54 Å². The van der Waals surface area contributed by atoms with Gasteiger partial charge in [-0.2, -0.15) is 0 Å². The van der Waals surface area contributed by atoms with E-state index in [-0.39, 0.29) is 5.91 Å². The smallest absolute Gasteiger partial charge is 0.242 e. The van der Waals surface area contributed by atoms with Crippen molar-refractivity contribution in [1.82, 2.24) is 10.2 Å². The SMILES string of the molecule is CCNC(C)(C)C(=O)N(C)CCOCC. The van der Waals surface area contributed by atoms with Gasteiger partial charge in [0, 0.05) is 20.2 Å². The van der Waals surface area contributed by atoms with Crippen LogP contribution in [0.3, 0.4) is 0 Å². The van der Waals surface area contributed by atoms with E-state index >= 15 is 0 Å². The molecule has 0 spiro atoms. The van der Waals surface area contributed by atoms with Gasteiger partial charge in [0.1, 0.15) is 0 Å². The van der Waals surface area contributed by atoms with E-state index in [1.807, 2.05) is 27.7 Å². The van der Waals surface area contributed by atoms with E-state index in [0.29, 0.717) is 19.8 Å². The molecule has 0 rings (SSSR count). The molecule has 0 atom stereocenters. The normalized spacial score (nSPS) is 11.5. The van der Waals surface area contributed by atoms with Crippen molar-refractivity contribution >= 4 is 5.91 Å². The first-order valence-electron chi connectivity index (χ1n) is 5.54. The molecule has 90 valence electrons. The predicted octanol–water partition coefficient (Wildman–Crippen LogP) is 0.869. The summed E-state index contributed by atoms with van der Waals surface area (Å²) in [4.78, 5) is 13.7. The Balaban J connectivity index is 4.06. The van der Waals surface area contributed by atoms with E-state index in [1.54, 1.807) is 11.9 Å². The van der Waals surface area contributed by atoms with E-state index in [2.05, 4.69) is 5.32 Å². The van der Waals surface area contributed by atoms with Crippen LogP contribution in [0.15, 0.2) is 0 Å². The molecule has 0 aromatic heterocycles. The third-order valence-corrected chi connectivity index (χ3v) is 2.28. The second kappa shape index (κ2) is 6.80. The highest BCUT2D eigenvalue weighted by atomic mass is 16.5. The van der Waals surface area contributed by atoms with Crippen molar-refractivity contribution in [3.63, 3.8) is 0 Å². The summed E-state index contributed by atoms with van der Waals surface area (Å²) in [6, 6.07) is 0. The predicted molar refractivity (Wildman–Crippen MR) is 61.9 cm³/mol. The number of likely N-dealkylation sites (N-methyl/N-ethyl adjacent to an activating group) is 2. The number of nitrogens with zero attached hydrogens (tertiary/aromatic N) is 1. The van der Waals surface area contributed by atoms with Crippen molar-refractivity contribution in [3.05, 3.63) is 0 Å². The Morgan fingerprint density at radius 3 is 2.47 bits per heavy atom. The van der Waals surface area contributed by atoms with Crippen molar-refractivity contribution in [2.24, 2.45) is 0 Å². The van der Waals surface area contributed by atoms with Gasteiger partial charge < -0.3 is 15.0 Å². The lowest BCUT2D eigenvalue weighted by atomic mass is 10.0. The van der Waals surface area contributed by atoms with Crippen LogP contribution in [0.2, 0.25) is 0 Å². The van der Waals surface area contributed by atoms with Crippen molar-refractivity contribution in [3.8, 4) is 0 Å². The first-order chi connectivity index (χ1) is 6.95. The topological polar surface area (TPSA) is 41.6 Å². The first kappa shape index (κ1) is 14.4. The van der Waals surface area contributed by atoms with Crippen LogP contribution in [-0.2, 0) is 9.53 Å². The standard InChI is InChI=1S/C11H24N2O2/c1-6-12-11(3,4)10(14)13(5)8-9-15-7-2/h12H,6-9H2,1-5H3. The molecule has 0 aromatic carbocycles. The lowest BCUT2D eigenvalue weighted by Crippen LogP contribution is -2.53. The molecule has 0 bridgehead atoms. The van der Waals surface area contributed by atoms with Gasteiger partial charge in [0.05, 0.1) is 12.1 Å². The summed E-state index contributed by atoms with van der Waals surface area (Å²) in [6.07, 6.45) is 0. The molecule has 1 amide bonds. The Morgan fingerprint density at radius 2 is 2.00 bits per heavy atom. The van der Waals surface area contributed by atoms with Crippen LogP contribution >= 0.6 is 0 Å². The molecule has 1 N–H and O–H groups in total. The number of amides is 1. The maximum absolute atomic E-state index is 12.0. The van der Waals surface area contributed by atoms with Crippen molar-refractivity contribution in [1.29, 1.82) is 0 Å². The average molecular weight is 216 g/mol. The molecule has 0 unspecified atom stereocenters. The lowest BCUT2D eigenvalue weighted by Gasteiger charge is -2.29. The molecule has 0 aliphatic heterocycles. The molecular formula is C11H24N2O2. The van der Waals surface area contributed by atoms with E-state index in [1.165, 1.54) is 0 Å². The van der Waals surface area contributed by atoms with Crippen LogP contribution in [0.5, 0.6) is 0 Å².